The zero-order valence-electron chi connectivity index (χ0n) is 18.2. The quantitative estimate of drug-likeness (QED) is 0.669. The second-order valence-corrected chi connectivity index (χ2v) is 9.93. The van der Waals surface area contributed by atoms with Gasteiger partial charge in [0.2, 0.25) is 10.0 Å². The van der Waals surface area contributed by atoms with Crippen molar-refractivity contribution < 1.29 is 12.8 Å². The van der Waals surface area contributed by atoms with Crippen molar-refractivity contribution in [2.45, 2.75) is 46.0 Å². The minimum atomic E-state index is -3.19. The monoisotopic (exact) mass is 434 g/mol. The molecular weight excluding hydrogens is 403 g/mol. The van der Waals surface area contributed by atoms with Gasteiger partial charge < -0.3 is 4.90 Å². The molecule has 3 rings (SSSR count). The number of halogens is 1. The van der Waals surface area contributed by atoms with Crippen LogP contribution in [0, 0.1) is 5.82 Å². The number of piperazine rings is 1. The average molecular weight is 435 g/mol. The van der Waals surface area contributed by atoms with Crippen LogP contribution in [0.2, 0.25) is 0 Å². The van der Waals surface area contributed by atoms with Crippen LogP contribution in [0.3, 0.4) is 0 Å². The van der Waals surface area contributed by atoms with E-state index in [1.807, 2.05) is 0 Å². The van der Waals surface area contributed by atoms with Gasteiger partial charge in [0.25, 0.3) is 0 Å². The molecule has 1 atom stereocenters. The van der Waals surface area contributed by atoms with E-state index in [0.29, 0.717) is 32.6 Å². The fourth-order valence-corrected chi connectivity index (χ4v) is 4.54. The van der Waals surface area contributed by atoms with Gasteiger partial charge in [-0.1, -0.05) is 32.9 Å². The van der Waals surface area contributed by atoms with E-state index in [9.17, 15) is 12.8 Å². The van der Waals surface area contributed by atoms with Crippen molar-refractivity contribution in [3.63, 3.8) is 0 Å². The molecule has 2 heterocycles. The Kier molecular flexibility index (Phi) is 7.08. The minimum Gasteiger partial charge on any atom is -0.354 e. The Morgan fingerprint density at radius 2 is 1.70 bits per heavy atom. The first kappa shape index (κ1) is 22.6. The molecule has 1 aromatic heterocycles. The summed E-state index contributed by atoms with van der Waals surface area (Å²) in [5.41, 5.74) is 3.05. The zero-order chi connectivity index (χ0) is 21.9. The molecule has 164 valence electrons. The summed E-state index contributed by atoms with van der Waals surface area (Å²) >= 11 is 0. The predicted molar refractivity (Wildman–Crippen MR) is 118 cm³/mol. The van der Waals surface area contributed by atoms with Crippen molar-refractivity contribution in [2.75, 3.05) is 37.3 Å². The van der Waals surface area contributed by atoms with Crippen molar-refractivity contribution in [3.05, 3.63) is 52.7 Å². The first-order chi connectivity index (χ1) is 14.2. The Morgan fingerprint density at radius 1 is 1.07 bits per heavy atom. The lowest BCUT2D eigenvalue weighted by atomic mass is 10.0. The Balaban J connectivity index is 2.00. The number of hydrogen-bond acceptors (Lipinski definition) is 5. The lowest BCUT2D eigenvalue weighted by molar-refractivity contribution is 0.386. The van der Waals surface area contributed by atoms with Crippen LogP contribution >= 0.6 is 0 Å². The minimum absolute atomic E-state index is 0.242. The van der Waals surface area contributed by atoms with Gasteiger partial charge in [-0.25, -0.2) is 22.8 Å². The number of anilines is 1. The number of hydrogen-bond donors (Lipinski definition) is 0. The summed E-state index contributed by atoms with van der Waals surface area (Å²) in [6, 6.07) is 6.53. The molecule has 0 aliphatic carbocycles. The summed E-state index contributed by atoms with van der Waals surface area (Å²) in [5, 5.41) is 0. The lowest BCUT2D eigenvalue weighted by Gasteiger charge is -2.35. The molecule has 8 heteroatoms. The highest BCUT2D eigenvalue weighted by atomic mass is 32.2. The van der Waals surface area contributed by atoms with Crippen molar-refractivity contribution in [1.29, 1.82) is 0 Å². The number of aromatic nitrogens is 2. The molecule has 1 aliphatic heterocycles. The van der Waals surface area contributed by atoms with Crippen LogP contribution in [0.25, 0.3) is 0 Å². The number of aryl methyl sites for hydroxylation is 1. The summed E-state index contributed by atoms with van der Waals surface area (Å²) in [4.78, 5) is 12.0. The Bertz CT molecular complexity index is 971. The maximum atomic E-state index is 13.4. The van der Waals surface area contributed by atoms with Gasteiger partial charge in [-0.2, -0.15) is 4.31 Å². The van der Waals surface area contributed by atoms with Crippen molar-refractivity contribution >= 4 is 15.8 Å². The third kappa shape index (κ3) is 5.16. The molecule has 0 N–H and O–H groups in total. The van der Waals surface area contributed by atoms with Crippen LogP contribution in [-0.4, -0.2) is 55.1 Å². The van der Waals surface area contributed by atoms with E-state index in [1.165, 1.54) is 22.7 Å². The van der Waals surface area contributed by atoms with E-state index in [2.05, 4.69) is 25.7 Å². The molecule has 1 aromatic carbocycles. The molecule has 1 saturated heterocycles. The fourth-order valence-electron chi connectivity index (χ4n) is 3.71. The maximum absolute atomic E-state index is 13.4. The Hall–Kier alpha value is -2.06. The van der Waals surface area contributed by atoms with Crippen LogP contribution in [0.4, 0.5) is 10.2 Å². The van der Waals surface area contributed by atoms with E-state index < -0.39 is 10.0 Å². The molecule has 0 bridgehead atoms. The number of rotatable bonds is 7. The van der Waals surface area contributed by atoms with Crippen LogP contribution in [-0.2, 0) is 22.9 Å². The van der Waals surface area contributed by atoms with Crippen molar-refractivity contribution in [3.8, 4) is 0 Å². The predicted octanol–water partition coefficient (Wildman–Crippen LogP) is 3.36. The molecule has 30 heavy (non-hydrogen) atoms. The molecule has 2 aromatic rings. The van der Waals surface area contributed by atoms with E-state index in [1.54, 1.807) is 12.1 Å². The third-order valence-electron chi connectivity index (χ3n) is 5.78. The van der Waals surface area contributed by atoms with E-state index in [-0.39, 0.29) is 11.7 Å². The van der Waals surface area contributed by atoms with Crippen molar-refractivity contribution in [2.24, 2.45) is 0 Å². The van der Waals surface area contributed by atoms with Crippen LogP contribution in [0.1, 0.15) is 55.8 Å². The Labute approximate surface area is 179 Å². The smallest absolute Gasteiger partial charge is 0.211 e. The van der Waals surface area contributed by atoms with Gasteiger partial charge in [-0.15, -0.1) is 0 Å². The zero-order valence-corrected chi connectivity index (χ0v) is 19.0. The molecule has 0 spiro atoms. The lowest BCUT2D eigenvalue weighted by Crippen LogP contribution is -2.49. The van der Waals surface area contributed by atoms with Gasteiger partial charge in [0, 0.05) is 49.8 Å². The number of benzene rings is 1. The first-order valence-electron chi connectivity index (χ1n) is 10.6. The van der Waals surface area contributed by atoms with E-state index in [0.717, 1.165) is 41.3 Å². The molecular formula is C22H31FN4O2S. The highest BCUT2D eigenvalue weighted by Gasteiger charge is 2.27. The van der Waals surface area contributed by atoms with Gasteiger partial charge in [-0.3, -0.25) is 0 Å². The third-order valence-corrected chi connectivity index (χ3v) is 7.08. The van der Waals surface area contributed by atoms with Gasteiger partial charge in [0.15, 0.2) is 0 Å². The number of nitrogens with zero attached hydrogens (tertiary/aromatic N) is 4. The van der Waals surface area contributed by atoms with Gasteiger partial charge >= 0.3 is 0 Å². The largest absolute Gasteiger partial charge is 0.354 e. The normalized spacial score (nSPS) is 16.6. The van der Waals surface area contributed by atoms with Gasteiger partial charge in [-0.05, 0) is 30.5 Å². The van der Waals surface area contributed by atoms with Crippen molar-refractivity contribution in [1.82, 2.24) is 14.3 Å². The molecule has 0 amide bonds. The van der Waals surface area contributed by atoms with Crippen LogP contribution < -0.4 is 4.90 Å². The molecule has 0 saturated carbocycles. The van der Waals surface area contributed by atoms with Gasteiger partial charge in [0.1, 0.15) is 17.5 Å². The summed E-state index contributed by atoms with van der Waals surface area (Å²) in [6.07, 6.45) is 3.59. The van der Waals surface area contributed by atoms with Crippen LogP contribution in [0.5, 0.6) is 0 Å². The molecule has 0 unspecified atom stereocenters. The second-order valence-electron chi connectivity index (χ2n) is 7.95. The molecule has 1 fully saturated rings. The summed E-state index contributed by atoms with van der Waals surface area (Å²) in [7, 11) is -3.19. The molecule has 1 aliphatic rings. The molecule has 0 radical (unpaired) electrons. The Morgan fingerprint density at radius 3 is 2.23 bits per heavy atom. The fraction of sp³-hybridized carbons (Fsp3) is 0.545. The van der Waals surface area contributed by atoms with E-state index >= 15 is 0 Å². The average Bonchev–Trinajstić information content (AvgIpc) is 2.74. The highest BCUT2D eigenvalue weighted by Crippen LogP contribution is 2.29. The molecule has 6 nitrogen and oxygen atoms in total. The second kappa shape index (κ2) is 9.39. The first-order valence-corrected chi connectivity index (χ1v) is 12.4. The summed E-state index contributed by atoms with van der Waals surface area (Å²) < 4.78 is 38.7. The van der Waals surface area contributed by atoms with E-state index in [4.69, 9.17) is 9.97 Å². The van der Waals surface area contributed by atoms with Gasteiger partial charge in [0.05, 0.1) is 6.26 Å². The topological polar surface area (TPSA) is 66.4 Å². The highest BCUT2D eigenvalue weighted by molar-refractivity contribution is 7.88. The number of sulfonamides is 1. The van der Waals surface area contributed by atoms with Crippen LogP contribution in [0.15, 0.2) is 24.3 Å². The SMILES string of the molecule is CCc1nc([C@H](C)CC)nc(N2CCN(S(C)(=O)=O)CC2)c1Cc1ccc(F)cc1. The maximum Gasteiger partial charge on any atom is 0.211 e. The summed E-state index contributed by atoms with van der Waals surface area (Å²) in [5.74, 6) is 1.70. The standard InChI is InChI=1S/C22H31FN4O2S/c1-5-16(3)21-24-20(6-2)19(15-17-7-9-18(23)10-8-17)22(25-21)26-11-13-27(14-12-26)30(4,28)29/h7-10,16H,5-6,11-15H2,1-4H3/t16-/m1/s1. The summed E-state index contributed by atoms with van der Waals surface area (Å²) in [6.45, 7) is 8.39.